The molecule has 0 fully saturated rings. The van der Waals surface area contributed by atoms with Crippen molar-refractivity contribution in [1.29, 1.82) is 0 Å². The molecule has 2 aromatic carbocycles. The van der Waals surface area contributed by atoms with Gasteiger partial charge < -0.3 is 5.11 Å². The Labute approximate surface area is 157 Å². The summed E-state index contributed by atoms with van der Waals surface area (Å²) >= 11 is 0. The van der Waals surface area contributed by atoms with Gasteiger partial charge in [0, 0.05) is 17.5 Å². The van der Waals surface area contributed by atoms with E-state index in [0.717, 1.165) is 28.1 Å². The molecule has 2 aromatic heterocycles. The second kappa shape index (κ2) is 5.91. The number of carbonyl (C=O) groups is 1. The highest BCUT2D eigenvalue weighted by atomic mass is 16.4. The van der Waals surface area contributed by atoms with E-state index in [1.165, 1.54) is 5.56 Å². The molecule has 5 heteroatoms. The number of hydrogen-bond donors (Lipinski definition) is 1. The van der Waals surface area contributed by atoms with Crippen LogP contribution in [0, 0.1) is 6.92 Å². The third kappa shape index (κ3) is 2.85. The van der Waals surface area contributed by atoms with E-state index in [1.807, 2.05) is 17.5 Å². The predicted octanol–water partition coefficient (Wildman–Crippen LogP) is 4.85. The summed E-state index contributed by atoms with van der Waals surface area (Å²) in [6, 6.07) is 13.3. The molecule has 0 aliphatic rings. The number of aromatic nitrogens is 3. The van der Waals surface area contributed by atoms with E-state index in [2.05, 4.69) is 50.0 Å². The standard InChI is InChI=1S/C22H21N3O2/c1-13-12-23-20-19(14-5-8-16(9-6-14)22(2,3)4)24-17-11-15(21(26)27)7-10-18(17)25(13)20/h5-12H,1-4H3,(H,26,27). The number of benzene rings is 2. The highest BCUT2D eigenvalue weighted by Crippen LogP contribution is 2.30. The van der Waals surface area contributed by atoms with E-state index >= 15 is 0 Å². The van der Waals surface area contributed by atoms with Crippen molar-refractivity contribution in [2.45, 2.75) is 33.1 Å². The van der Waals surface area contributed by atoms with Crippen molar-refractivity contribution in [2.24, 2.45) is 0 Å². The lowest BCUT2D eigenvalue weighted by molar-refractivity contribution is 0.0697. The van der Waals surface area contributed by atoms with Gasteiger partial charge in [0.05, 0.1) is 16.6 Å². The molecule has 1 N–H and O–H groups in total. The van der Waals surface area contributed by atoms with Crippen molar-refractivity contribution in [2.75, 3.05) is 0 Å². The smallest absolute Gasteiger partial charge is 0.335 e. The predicted molar refractivity (Wildman–Crippen MR) is 106 cm³/mol. The summed E-state index contributed by atoms with van der Waals surface area (Å²) in [5.74, 6) is -0.961. The van der Waals surface area contributed by atoms with Crippen LogP contribution >= 0.6 is 0 Å². The molecule has 0 atom stereocenters. The third-order valence-electron chi connectivity index (χ3n) is 4.87. The normalized spacial score (nSPS) is 12.0. The Kier molecular flexibility index (Phi) is 3.77. The number of hydrogen-bond acceptors (Lipinski definition) is 3. The monoisotopic (exact) mass is 359 g/mol. The van der Waals surface area contributed by atoms with Crippen molar-refractivity contribution >= 4 is 22.6 Å². The van der Waals surface area contributed by atoms with Crippen molar-refractivity contribution in [1.82, 2.24) is 14.4 Å². The summed E-state index contributed by atoms with van der Waals surface area (Å²) in [5, 5.41) is 9.32. The maximum absolute atomic E-state index is 11.4. The lowest BCUT2D eigenvalue weighted by Crippen LogP contribution is -2.10. The number of carboxylic acids is 1. The number of aryl methyl sites for hydroxylation is 1. The number of imidazole rings is 1. The SMILES string of the molecule is Cc1cnc2c(-c3ccc(C(C)(C)C)cc3)nc3cc(C(=O)O)ccc3n12. The summed E-state index contributed by atoms with van der Waals surface area (Å²) in [6.45, 7) is 8.52. The molecule has 27 heavy (non-hydrogen) atoms. The zero-order valence-corrected chi connectivity index (χ0v) is 15.8. The van der Waals surface area contributed by atoms with E-state index in [-0.39, 0.29) is 11.0 Å². The fraction of sp³-hybridized carbons (Fsp3) is 0.227. The summed E-state index contributed by atoms with van der Waals surface area (Å²) in [4.78, 5) is 20.7. The van der Waals surface area contributed by atoms with E-state index in [4.69, 9.17) is 4.98 Å². The second-order valence-electron chi connectivity index (χ2n) is 7.86. The van der Waals surface area contributed by atoms with E-state index in [0.29, 0.717) is 5.52 Å². The molecule has 0 radical (unpaired) electrons. The molecule has 2 heterocycles. The minimum Gasteiger partial charge on any atom is -0.478 e. The minimum absolute atomic E-state index is 0.0744. The average Bonchev–Trinajstić information content (AvgIpc) is 3.02. The van der Waals surface area contributed by atoms with Gasteiger partial charge in [0.2, 0.25) is 0 Å². The fourth-order valence-electron chi connectivity index (χ4n) is 3.34. The van der Waals surface area contributed by atoms with Crippen LogP contribution in [0.15, 0.2) is 48.7 Å². The molecule has 136 valence electrons. The molecule has 0 unspecified atom stereocenters. The number of nitrogens with zero attached hydrogens (tertiary/aromatic N) is 3. The van der Waals surface area contributed by atoms with Crippen molar-refractivity contribution in [3.05, 3.63) is 65.5 Å². The van der Waals surface area contributed by atoms with Gasteiger partial charge in [-0.25, -0.2) is 14.8 Å². The molecule has 0 spiro atoms. The minimum atomic E-state index is -0.961. The summed E-state index contributed by atoms with van der Waals surface area (Å²) in [7, 11) is 0. The van der Waals surface area contributed by atoms with E-state index in [9.17, 15) is 9.90 Å². The van der Waals surface area contributed by atoms with Gasteiger partial charge in [0.1, 0.15) is 5.69 Å². The van der Waals surface area contributed by atoms with Crippen molar-refractivity contribution in [3.63, 3.8) is 0 Å². The van der Waals surface area contributed by atoms with Crippen LogP contribution in [0.3, 0.4) is 0 Å². The molecular formula is C22H21N3O2. The van der Waals surface area contributed by atoms with Gasteiger partial charge >= 0.3 is 5.97 Å². The first-order valence-electron chi connectivity index (χ1n) is 8.88. The molecule has 0 aliphatic carbocycles. The molecule has 0 saturated heterocycles. The summed E-state index contributed by atoms with van der Waals surface area (Å²) < 4.78 is 2.03. The van der Waals surface area contributed by atoms with Gasteiger partial charge in [-0.3, -0.25) is 4.40 Å². The Balaban J connectivity index is 2.00. The molecule has 0 amide bonds. The first-order valence-corrected chi connectivity index (χ1v) is 8.88. The molecular weight excluding hydrogens is 338 g/mol. The summed E-state index contributed by atoms with van der Waals surface area (Å²) in [6.07, 6.45) is 1.81. The summed E-state index contributed by atoms with van der Waals surface area (Å²) in [5.41, 5.74) is 6.49. The van der Waals surface area contributed by atoms with Crippen LogP contribution in [-0.2, 0) is 5.41 Å². The maximum Gasteiger partial charge on any atom is 0.335 e. The third-order valence-corrected chi connectivity index (χ3v) is 4.87. The Hall–Kier alpha value is -3.21. The van der Waals surface area contributed by atoms with Crippen molar-refractivity contribution in [3.8, 4) is 11.3 Å². The largest absolute Gasteiger partial charge is 0.478 e. The van der Waals surface area contributed by atoms with Gasteiger partial charge in [0.25, 0.3) is 0 Å². The first-order chi connectivity index (χ1) is 12.8. The molecule has 4 rings (SSSR count). The Morgan fingerprint density at radius 3 is 2.41 bits per heavy atom. The van der Waals surface area contributed by atoms with Gasteiger partial charge in [-0.2, -0.15) is 0 Å². The highest BCUT2D eigenvalue weighted by molar-refractivity contribution is 5.94. The first kappa shape index (κ1) is 17.2. The van der Waals surface area contributed by atoms with Crippen LogP contribution in [0.1, 0.15) is 42.4 Å². The number of fused-ring (bicyclic) bond motifs is 3. The number of carboxylic acid groups (broad SMARTS) is 1. The fourth-order valence-corrected chi connectivity index (χ4v) is 3.34. The highest BCUT2D eigenvalue weighted by Gasteiger charge is 2.17. The number of rotatable bonds is 2. The zero-order valence-electron chi connectivity index (χ0n) is 15.8. The van der Waals surface area contributed by atoms with Gasteiger partial charge in [-0.1, -0.05) is 45.0 Å². The van der Waals surface area contributed by atoms with E-state index < -0.39 is 5.97 Å². The Bertz CT molecular complexity index is 1180. The molecule has 5 nitrogen and oxygen atoms in total. The molecule has 0 bridgehead atoms. The van der Waals surface area contributed by atoms with E-state index in [1.54, 1.807) is 18.2 Å². The van der Waals surface area contributed by atoms with Crippen LogP contribution < -0.4 is 0 Å². The lowest BCUT2D eigenvalue weighted by atomic mass is 9.86. The zero-order chi connectivity index (χ0) is 19.3. The Morgan fingerprint density at radius 2 is 1.78 bits per heavy atom. The molecule has 0 aliphatic heterocycles. The van der Waals surface area contributed by atoms with Gasteiger partial charge in [-0.05, 0) is 36.1 Å². The van der Waals surface area contributed by atoms with Crippen LogP contribution in [0.25, 0.3) is 27.9 Å². The van der Waals surface area contributed by atoms with Gasteiger partial charge in [-0.15, -0.1) is 0 Å². The topological polar surface area (TPSA) is 67.5 Å². The van der Waals surface area contributed by atoms with Gasteiger partial charge in [0.15, 0.2) is 5.65 Å². The Morgan fingerprint density at radius 1 is 1.07 bits per heavy atom. The number of aromatic carboxylic acids is 1. The van der Waals surface area contributed by atoms with Crippen molar-refractivity contribution < 1.29 is 9.90 Å². The second-order valence-corrected chi connectivity index (χ2v) is 7.86. The maximum atomic E-state index is 11.4. The quantitative estimate of drug-likeness (QED) is 0.555. The van der Waals surface area contributed by atoms with Crippen LogP contribution in [0.2, 0.25) is 0 Å². The van der Waals surface area contributed by atoms with Crippen LogP contribution in [0.5, 0.6) is 0 Å². The average molecular weight is 359 g/mol. The lowest BCUT2D eigenvalue weighted by Gasteiger charge is -2.19. The van der Waals surface area contributed by atoms with Crippen LogP contribution in [0.4, 0.5) is 0 Å². The molecule has 0 saturated carbocycles. The molecule has 4 aromatic rings. The van der Waals surface area contributed by atoms with Crippen LogP contribution in [-0.4, -0.2) is 25.4 Å².